The van der Waals surface area contributed by atoms with Gasteiger partial charge in [-0.05, 0) is 37.0 Å². The first kappa shape index (κ1) is 21.2. The molecular weight excluding hydrogens is 314 g/mol. The topological polar surface area (TPSA) is 46.6 Å². The molecule has 0 heterocycles. The van der Waals surface area contributed by atoms with Gasteiger partial charge in [0.2, 0.25) is 0 Å². The number of hydrogen-bond acceptors (Lipinski definition) is 3. The van der Waals surface area contributed by atoms with E-state index in [1.165, 1.54) is 29.7 Å². The first-order valence-electron chi connectivity index (χ1n) is 9.58. The van der Waals surface area contributed by atoms with Gasteiger partial charge < -0.3 is 9.64 Å². The van der Waals surface area contributed by atoms with Gasteiger partial charge in [-0.25, -0.2) is 0 Å². The molecule has 1 aromatic carbocycles. The number of esters is 1. The largest absolute Gasteiger partial charge is 0.464 e. The molecule has 4 heteroatoms. The molecule has 0 aromatic heterocycles. The smallest absolute Gasteiger partial charge is 0.325 e. The molecule has 1 aromatic rings. The van der Waals surface area contributed by atoms with E-state index in [1.807, 2.05) is 24.3 Å². The zero-order valence-corrected chi connectivity index (χ0v) is 16.1. The Bertz CT molecular complexity index is 510. The quantitative estimate of drug-likeness (QED) is 0.409. The van der Waals surface area contributed by atoms with Crippen molar-refractivity contribution in [1.29, 1.82) is 0 Å². The second kappa shape index (κ2) is 12.5. The molecule has 0 N–H and O–H groups in total. The van der Waals surface area contributed by atoms with E-state index in [4.69, 9.17) is 4.74 Å². The van der Waals surface area contributed by atoms with Gasteiger partial charge in [-0.2, -0.15) is 0 Å². The minimum atomic E-state index is -0.342. The predicted molar refractivity (Wildman–Crippen MR) is 102 cm³/mol. The molecule has 140 valence electrons. The SMILES string of the molecule is CCCCCCCOC(=O)CN(C)C(=O)c1ccc(CCCC)cc1. The van der Waals surface area contributed by atoms with Crippen LogP contribution in [0, 0.1) is 0 Å². The molecule has 0 unspecified atom stereocenters. The number of likely N-dealkylation sites (N-methyl/N-ethyl adjacent to an activating group) is 1. The molecule has 0 aliphatic rings. The molecule has 0 aliphatic heterocycles. The lowest BCUT2D eigenvalue weighted by molar-refractivity contribution is -0.144. The van der Waals surface area contributed by atoms with Crippen molar-refractivity contribution < 1.29 is 14.3 Å². The van der Waals surface area contributed by atoms with Gasteiger partial charge in [0, 0.05) is 12.6 Å². The lowest BCUT2D eigenvalue weighted by Gasteiger charge is -2.16. The summed E-state index contributed by atoms with van der Waals surface area (Å²) in [6.45, 7) is 4.77. The number of nitrogens with zero attached hydrogens (tertiary/aromatic N) is 1. The lowest BCUT2D eigenvalue weighted by atomic mass is 10.1. The van der Waals surface area contributed by atoms with Crippen molar-refractivity contribution in [2.24, 2.45) is 0 Å². The average Bonchev–Trinajstić information content (AvgIpc) is 2.62. The molecule has 0 fully saturated rings. The van der Waals surface area contributed by atoms with Crippen molar-refractivity contribution in [1.82, 2.24) is 4.90 Å². The summed E-state index contributed by atoms with van der Waals surface area (Å²) in [6, 6.07) is 7.66. The summed E-state index contributed by atoms with van der Waals surface area (Å²) in [5.41, 5.74) is 1.85. The normalized spacial score (nSPS) is 10.5. The summed E-state index contributed by atoms with van der Waals surface area (Å²) in [5.74, 6) is -0.493. The zero-order valence-electron chi connectivity index (χ0n) is 16.1. The van der Waals surface area contributed by atoms with Crippen molar-refractivity contribution in [3.05, 3.63) is 35.4 Å². The Morgan fingerprint density at radius 3 is 2.20 bits per heavy atom. The number of rotatable bonds is 12. The summed E-state index contributed by atoms with van der Waals surface area (Å²) in [7, 11) is 1.63. The number of unbranched alkanes of at least 4 members (excludes halogenated alkanes) is 5. The van der Waals surface area contributed by atoms with E-state index in [-0.39, 0.29) is 18.4 Å². The minimum absolute atomic E-state index is 0.00855. The van der Waals surface area contributed by atoms with Crippen LogP contribution in [-0.2, 0) is 16.0 Å². The number of hydrogen-bond donors (Lipinski definition) is 0. The van der Waals surface area contributed by atoms with Gasteiger partial charge in [-0.1, -0.05) is 58.1 Å². The van der Waals surface area contributed by atoms with E-state index in [0.717, 1.165) is 32.1 Å². The number of carbonyl (C=O) groups excluding carboxylic acids is 2. The van der Waals surface area contributed by atoms with Gasteiger partial charge >= 0.3 is 5.97 Å². The maximum absolute atomic E-state index is 12.4. The maximum atomic E-state index is 12.4. The standard InChI is InChI=1S/C21H33NO3/c1-4-6-8-9-10-16-25-20(23)17-22(3)21(24)19-14-12-18(13-15-19)11-7-5-2/h12-15H,4-11,16-17H2,1-3H3. The Kier molecular flexibility index (Phi) is 10.6. The Morgan fingerprint density at radius 2 is 1.56 bits per heavy atom. The van der Waals surface area contributed by atoms with Gasteiger partial charge in [-0.15, -0.1) is 0 Å². The van der Waals surface area contributed by atoms with Crippen LogP contribution in [0.25, 0.3) is 0 Å². The molecule has 0 radical (unpaired) electrons. The van der Waals surface area contributed by atoms with Gasteiger partial charge in [-0.3, -0.25) is 9.59 Å². The Hall–Kier alpha value is -1.84. The molecule has 4 nitrogen and oxygen atoms in total. The number of benzene rings is 1. The van der Waals surface area contributed by atoms with Gasteiger partial charge in [0.1, 0.15) is 6.54 Å². The highest BCUT2D eigenvalue weighted by Gasteiger charge is 2.15. The van der Waals surface area contributed by atoms with Crippen molar-refractivity contribution in [2.45, 2.75) is 65.2 Å². The van der Waals surface area contributed by atoms with Crippen LogP contribution in [0.4, 0.5) is 0 Å². The molecule has 0 spiro atoms. The highest BCUT2D eigenvalue weighted by atomic mass is 16.5. The molecule has 1 amide bonds. The fourth-order valence-electron chi connectivity index (χ4n) is 2.62. The Balaban J connectivity index is 2.34. The number of ether oxygens (including phenoxy) is 1. The fourth-order valence-corrected chi connectivity index (χ4v) is 2.62. The van der Waals surface area contributed by atoms with Crippen LogP contribution >= 0.6 is 0 Å². The van der Waals surface area contributed by atoms with E-state index in [1.54, 1.807) is 7.05 Å². The Morgan fingerprint density at radius 1 is 0.920 bits per heavy atom. The van der Waals surface area contributed by atoms with Crippen molar-refractivity contribution in [3.8, 4) is 0 Å². The number of carbonyl (C=O) groups is 2. The van der Waals surface area contributed by atoms with Gasteiger partial charge in [0.25, 0.3) is 5.91 Å². The monoisotopic (exact) mass is 347 g/mol. The number of amides is 1. The van der Waals surface area contributed by atoms with Crippen LogP contribution in [0.1, 0.15) is 74.7 Å². The number of aryl methyl sites for hydroxylation is 1. The van der Waals surface area contributed by atoms with E-state index < -0.39 is 0 Å². The summed E-state index contributed by atoms with van der Waals surface area (Å²) >= 11 is 0. The van der Waals surface area contributed by atoms with E-state index in [0.29, 0.717) is 12.2 Å². The second-order valence-corrected chi connectivity index (χ2v) is 6.60. The highest BCUT2D eigenvalue weighted by Crippen LogP contribution is 2.10. The summed E-state index contributed by atoms with van der Waals surface area (Å²) in [6.07, 6.45) is 8.92. The van der Waals surface area contributed by atoms with Crippen LogP contribution < -0.4 is 0 Å². The summed E-state index contributed by atoms with van der Waals surface area (Å²) in [5, 5.41) is 0. The average molecular weight is 347 g/mol. The third-order valence-corrected chi connectivity index (χ3v) is 4.24. The van der Waals surface area contributed by atoms with Crippen molar-refractivity contribution in [3.63, 3.8) is 0 Å². The summed E-state index contributed by atoms with van der Waals surface area (Å²) < 4.78 is 5.21. The predicted octanol–water partition coefficient (Wildman–Crippen LogP) is 4.61. The molecular formula is C21H33NO3. The van der Waals surface area contributed by atoms with Crippen LogP contribution in [-0.4, -0.2) is 37.0 Å². The van der Waals surface area contributed by atoms with Crippen LogP contribution in [0.2, 0.25) is 0 Å². The molecule has 25 heavy (non-hydrogen) atoms. The molecule has 0 saturated carbocycles. The Labute approximate surface area is 152 Å². The second-order valence-electron chi connectivity index (χ2n) is 6.60. The van der Waals surface area contributed by atoms with Crippen LogP contribution in [0.3, 0.4) is 0 Å². The zero-order chi connectivity index (χ0) is 18.5. The highest BCUT2D eigenvalue weighted by molar-refractivity contribution is 5.95. The molecule has 1 rings (SSSR count). The first-order chi connectivity index (χ1) is 12.1. The molecule has 0 aliphatic carbocycles. The van der Waals surface area contributed by atoms with E-state index in [2.05, 4.69) is 13.8 Å². The van der Waals surface area contributed by atoms with Crippen LogP contribution in [0.15, 0.2) is 24.3 Å². The van der Waals surface area contributed by atoms with Crippen molar-refractivity contribution in [2.75, 3.05) is 20.2 Å². The third-order valence-electron chi connectivity index (χ3n) is 4.24. The lowest BCUT2D eigenvalue weighted by Crippen LogP contribution is -2.33. The van der Waals surface area contributed by atoms with E-state index >= 15 is 0 Å². The minimum Gasteiger partial charge on any atom is -0.464 e. The first-order valence-corrected chi connectivity index (χ1v) is 9.58. The van der Waals surface area contributed by atoms with E-state index in [9.17, 15) is 9.59 Å². The fraction of sp³-hybridized carbons (Fsp3) is 0.619. The maximum Gasteiger partial charge on any atom is 0.325 e. The third kappa shape index (κ3) is 8.71. The molecule has 0 bridgehead atoms. The molecule has 0 atom stereocenters. The van der Waals surface area contributed by atoms with Crippen LogP contribution in [0.5, 0.6) is 0 Å². The van der Waals surface area contributed by atoms with Gasteiger partial charge in [0.15, 0.2) is 0 Å². The van der Waals surface area contributed by atoms with Gasteiger partial charge in [0.05, 0.1) is 6.61 Å². The van der Waals surface area contributed by atoms with Crippen molar-refractivity contribution >= 4 is 11.9 Å². The summed E-state index contributed by atoms with van der Waals surface area (Å²) in [4.78, 5) is 25.6. The molecule has 0 saturated heterocycles.